The van der Waals surface area contributed by atoms with Crippen molar-refractivity contribution < 1.29 is 0 Å². The zero-order chi connectivity index (χ0) is 13.3. The molecule has 0 amide bonds. The van der Waals surface area contributed by atoms with E-state index in [0.717, 1.165) is 12.1 Å². The van der Waals surface area contributed by atoms with E-state index in [9.17, 15) is 0 Å². The van der Waals surface area contributed by atoms with Crippen LogP contribution in [0.2, 0.25) is 0 Å². The molecule has 1 atom stereocenters. The summed E-state index contributed by atoms with van der Waals surface area (Å²) >= 11 is 0. The van der Waals surface area contributed by atoms with Crippen LogP contribution in [0.3, 0.4) is 0 Å². The molecule has 0 aromatic heterocycles. The van der Waals surface area contributed by atoms with Gasteiger partial charge in [0.1, 0.15) is 0 Å². The van der Waals surface area contributed by atoms with Gasteiger partial charge in [0.15, 0.2) is 0 Å². The molecule has 1 spiro atoms. The third kappa shape index (κ3) is 2.84. The monoisotopic (exact) mass is 265 g/mol. The first-order valence-corrected chi connectivity index (χ1v) is 8.42. The smallest absolute Gasteiger partial charge is 0.0309 e. The number of rotatable bonds is 2. The number of hydrogen-bond donors (Lipinski definition) is 1. The molecule has 2 saturated heterocycles. The van der Waals surface area contributed by atoms with Crippen LogP contribution in [0.15, 0.2) is 0 Å². The molecule has 0 bridgehead atoms. The molecule has 0 aromatic carbocycles. The van der Waals surface area contributed by atoms with E-state index in [0.29, 0.717) is 5.54 Å². The van der Waals surface area contributed by atoms with E-state index in [1.54, 1.807) is 0 Å². The van der Waals surface area contributed by atoms with Gasteiger partial charge in [0, 0.05) is 30.7 Å². The standard InChI is InChI=1S/C16H31N3/c1-3-14-12-17-16(8-4-5-9-16)13-19(14)15-6-10-18(2)11-7-15/h14-15,17H,3-13H2,1-2H3. The van der Waals surface area contributed by atoms with Crippen LogP contribution in [-0.2, 0) is 0 Å². The highest BCUT2D eigenvalue weighted by atomic mass is 15.3. The first-order valence-electron chi connectivity index (χ1n) is 8.42. The lowest BCUT2D eigenvalue weighted by atomic mass is 9.88. The molecule has 19 heavy (non-hydrogen) atoms. The molecule has 1 N–H and O–H groups in total. The van der Waals surface area contributed by atoms with Gasteiger partial charge in [-0.25, -0.2) is 0 Å². The van der Waals surface area contributed by atoms with E-state index in [1.807, 2.05) is 0 Å². The number of piperidine rings is 1. The molecule has 0 aromatic rings. The van der Waals surface area contributed by atoms with Crippen LogP contribution in [0.5, 0.6) is 0 Å². The van der Waals surface area contributed by atoms with Crippen molar-refractivity contribution in [3.8, 4) is 0 Å². The third-order valence-corrected chi connectivity index (χ3v) is 5.86. The highest BCUT2D eigenvalue weighted by Gasteiger charge is 2.42. The fraction of sp³-hybridized carbons (Fsp3) is 1.00. The van der Waals surface area contributed by atoms with Crippen molar-refractivity contribution >= 4 is 0 Å². The number of nitrogens with zero attached hydrogens (tertiary/aromatic N) is 2. The van der Waals surface area contributed by atoms with Crippen LogP contribution in [0.4, 0.5) is 0 Å². The van der Waals surface area contributed by atoms with Gasteiger partial charge >= 0.3 is 0 Å². The predicted octanol–water partition coefficient (Wildman–Crippen LogP) is 2.08. The van der Waals surface area contributed by atoms with Gasteiger partial charge in [-0.2, -0.15) is 0 Å². The molecule has 0 radical (unpaired) electrons. The minimum atomic E-state index is 0.481. The van der Waals surface area contributed by atoms with Gasteiger partial charge in [-0.15, -0.1) is 0 Å². The molecule has 1 aliphatic carbocycles. The van der Waals surface area contributed by atoms with Crippen molar-refractivity contribution in [2.45, 2.75) is 69.5 Å². The molecule has 110 valence electrons. The molecule has 2 aliphatic heterocycles. The zero-order valence-corrected chi connectivity index (χ0v) is 12.8. The molecule has 3 nitrogen and oxygen atoms in total. The summed E-state index contributed by atoms with van der Waals surface area (Å²) in [5.74, 6) is 0. The van der Waals surface area contributed by atoms with Gasteiger partial charge in [0.25, 0.3) is 0 Å². The third-order valence-electron chi connectivity index (χ3n) is 5.86. The molecule has 3 fully saturated rings. The number of nitrogens with one attached hydrogen (secondary N) is 1. The lowest BCUT2D eigenvalue weighted by Crippen LogP contribution is -2.65. The Morgan fingerprint density at radius 1 is 1.16 bits per heavy atom. The van der Waals surface area contributed by atoms with Crippen LogP contribution < -0.4 is 5.32 Å². The fourth-order valence-corrected chi connectivity index (χ4v) is 4.51. The van der Waals surface area contributed by atoms with E-state index in [4.69, 9.17) is 0 Å². The summed E-state index contributed by atoms with van der Waals surface area (Å²) in [6.45, 7) is 7.49. The summed E-state index contributed by atoms with van der Waals surface area (Å²) in [6.07, 6.45) is 9.75. The normalized spacial score (nSPS) is 34.1. The SMILES string of the molecule is CCC1CNC2(CCCC2)CN1C1CCN(C)CC1. The highest BCUT2D eigenvalue weighted by molar-refractivity contribution is 5.02. The number of piperazine rings is 1. The summed E-state index contributed by atoms with van der Waals surface area (Å²) < 4.78 is 0. The topological polar surface area (TPSA) is 18.5 Å². The van der Waals surface area contributed by atoms with Gasteiger partial charge in [-0.3, -0.25) is 4.90 Å². The summed E-state index contributed by atoms with van der Waals surface area (Å²) in [4.78, 5) is 5.39. The van der Waals surface area contributed by atoms with Crippen LogP contribution in [0, 0.1) is 0 Å². The number of hydrogen-bond acceptors (Lipinski definition) is 3. The van der Waals surface area contributed by atoms with Crippen molar-refractivity contribution in [3.63, 3.8) is 0 Å². The van der Waals surface area contributed by atoms with Crippen molar-refractivity contribution in [1.82, 2.24) is 15.1 Å². The van der Waals surface area contributed by atoms with Crippen LogP contribution in [0.1, 0.15) is 51.9 Å². The second kappa shape index (κ2) is 5.71. The maximum Gasteiger partial charge on any atom is 0.0309 e. The Kier molecular flexibility index (Phi) is 4.16. The predicted molar refractivity (Wildman–Crippen MR) is 80.5 cm³/mol. The maximum atomic E-state index is 3.92. The molecule has 1 unspecified atom stereocenters. The van der Waals surface area contributed by atoms with E-state index in [1.165, 1.54) is 71.1 Å². The summed E-state index contributed by atoms with van der Waals surface area (Å²) in [6, 6.07) is 1.63. The molecular weight excluding hydrogens is 234 g/mol. The van der Waals surface area contributed by atoms with E-state index < -0.39 is 0 Å². The van der Waals surface area contributed by atoms with Crippen LogP contribution in [0.25, 0.3) is 0 Å². The molecule has 3 aliphatic rings. The Bertz CT molecular complexity index is 290. The van der Waals surface area contributed by atoms with Gasteiger partial charge in [-0.05, 0) is 52.2 Å². The van der Waals surface area contributed by atoms with Gasteiger partial charge in [0.05, 0.1) is 0 Å². The Morgan fingerprint density at radius 3 is 2.47 bits per heavy atom. The average molecular weight is 265 g/mol. The summed E-state index contributed by atoms with van der Waals surface area (Å²) in [5, 5.41) is 3.92. The molecular formula is C16H31N3. The number of likely N-dealkylation sites (tertiary alicyclic amines) is 1. The Hall–Kier alpha value is -0.120. The average Bonchev–Trinajstić information content (AvgIpc) is 2.88. The molecule has 1 saturated carbocycles. The van der Waals surface area contributed by atoms with Gasteiger partial charge < -0.3 is 10.2 Å². The van der Waals surface area contributed by atoms with Gasteiger partial charge in [-0.1, -0.05) is 19.8 Å². The Balaban J connectivity index is 1.68. The fourth-order valence-electron chi connectivity index (χ4n) is 4.51. The quantitative estimate of drug-likeness (QED) is 0.825. The highest BCUT2D eigenvalue weighted by Crippen LogP contribution is 2.35. The Morgan fingerprint density at radius 2 is 1.84 bits per heavy atom. The largest absolute Gasteiger partial charge is 0.308 e. The maximum absolute atomic E-state index is 3.92. The minimum absolute atomic E-state index is 0.481. The zero-order valence-electron chi connectivity index (χ0n) is 12.8. The van der Waals surface area contributed by atoms with Crippen molar-refractivity contribution in [3.05, 3.63) is 0 Å². The molecule has 3 rings (SSSR count). The molecule has 2 heterocycles. The summed E-state index contributed by atoms with van der Waals surface area (Å²) in [7, 11) is 2.27. The van der Waals surface area contributed by atoms with E-state index in [-0.39, 0.29) is 0 Å². The van der Waals surface area contributed by atoms with Gasteiger partial charge in [0.2, 0.25) is 0 Å². The second-order valence-electron chi connectivity index (χ2n) is 7.14. The first kappa shape index (κ1) is 13.8. The lowest BCUT2D eigenvalue weighted by Gasteiger charge is -2.51. The van der Waals surface area contributed by atoms with E-state index >= 15 is 0 Å². The molecule has 3 heteroatoms. The van der Waals surface area contributed by atoms with Crippen LogP contribution in [-0.4, -0.2) is 60.6 Å². The van der Waals surface area contributed by atoms with Crippen molar-refractivity contribution in [2.24, 2.45) is 0 Å². The minimum Gasteiger partial charge on any atom is -0.308 e. The Labute approximate surface area is 118 Å². The van der Waals surface area contributed by atoms with Crippen molar-refractivity contribution in [1.29, 1.82) is 0 Å². The van der Waals surface area contributed by atoms with Crippen LogP contribution >= 0.6 is 0 Å². The van der Waals surface area contributed by atoms with Crippen molar-refractivity contribution in [2.75, 3.05) is 33.2 Å². The second-order valence-corrected chi connectivity index (χ2v) is 7.14. The summed E-state index contributed by atoms with van der Waals surface area (Å²) in [5.41, 5.74) is 0.481. The van der Waals surface area contributed by atoms with E-state index in [2.05, 4.69) is 29.1 Å². The first-order chi connectivity index (χ1) is 9.22. The lowest BCUT2D eigenvalue weighted by molar-refractivity contribution is 0.0170.